The Morgan fingerprint density at radius 3 is 3.00 bits per heavy atom. The second-order valence-corrected chi connectivity index (χ2v) is 7.91. The van der Waals surface area contributed by atoms with Gasteiger partial charge >= 0.3 is 0 Å². The molecule has 2 aliphatic rings. The van der Waals surface area contributed by atoms with Gasteiger partial charge in [-0.05, 0) is 12.1 Å². The van der Waals surface area contributed by atoms with Crippen molar-refractivity contribution in [2.45, 2.75) is 16.4 Å². The predicted octanol–water partition coefficient (Wildman–Crippen LogP) is 1.48. The van der Waals surface area contributed by atoms with E-state index in [1.54, 1.807) is 11.8 Å². The molecule has 2 aromatic rings. The van der Waals surface area contributed by atoms with Crippen molar-refractivity contribution in [3.05, 3.63) is 24.3 Å². The zero-order valence-electron chi connectivity index (χ0n) is 8.91. The van der Waals surface area contributed by atoms with Crippen LogP contribution in [-0.2, 0) is 9.84 Å². The number of aromatic nitrogens is 2. The van der Waals surface area contributed by atoms with Gasteiger partial charge in [-0.15, -0.1) is 0 Å². The summed E-state index contributed by atoms with van der Waals surface area (Å²) in [7, 11) is -2.86. The van der Waals surface area contributed by atoms with Crippen molar-refractivity contribution in [3.8, 4) is 0 Å². The highest BCUT2D eigenvalue weighted by Crippen LogP contribution is 2.46. The summed E-state index contributed by atoms with van der Waals surface area (Å²) in [5, 5.41) is 1.13. The molecule has 0 unspecified atom stereocenters. The van der Waals surface area contributed by atoms with Crippen molar-refractivity contribution in [1.82, 2.24) is 9.55 Å². The molecule has 3 heterocycles. The summed E-state index contributed by atoms with van der Waals surface area (Å²) >= 11 is 1.61. The molecule has 0 radical (unpaired) electrons. The fourth-order valence-corrected chi connectivity index (χ4v) is 6.63. The van der Waals surface area contributed by atoms with Gasteiger partial charge in [-0.1, -0.05) is 23.9 Å². The van der Waals surface area contributed by atoms with Gasteiger partial charge < -0.3 is 4.57 Å². The first-order valence-electron chi connectivity index (χ1n) is 5.48. The van der Waals surface area contributed by atoms with Crippen LogP contribution in [0.25, 0.3) is 11.0 Å². The zero-order valence-corrected chi connectivity index (χ0v) is 10.5. The maximum Gasteiger partial charge on any atom is 0.169 e. The minimum Gasteiger partial charge on any atom is -0.314 e. The summed E-state index contributed by atoms with van der Waals surface area (Å²) in [6.07, 6.45) is 0. The second-order valence-electron chi connectivity index (χ2n) is 4.55. The summed E-state index contributed by atoms with van der Waals surface area (Å²) in [5.74, 6) is 0.554. The highest BCUT2D eigenvalue weighted by molar-refractivity contribution is 8.02. The fourth-order valence-electron chi connectivity index (χ4n) is 2.71. The molecule has 1 aromatic heterocycles. The minimum atomic E-state index is -2.86. The van der Waals surface area contributed by atoms with Crippen molar-refractivity contribution in [3.63, 3.8) is 0 Å². The molecule has 0 aliphatic carbocycles. The molecule has 17 heavy (non-hydrogen) atoms. The predicted molar refractivity (Wildman–Crippen MR) is 67.1 cm³/mol. The van der Waals surface area contributed by atoms with Gasteiger partial charge in [-0.25, -0.2) is 13.4 Å². The Morgan fingerprint density at radius 1 is 1.29 bits per heavy atom. The lowest BCUT2D eigenvalue weighted by molar-refractivity contribution is 0.564. The third-order valence-electron chi connectivity index (χ3n) is 3.42. The molecular weight excluding hydrogens is 256 g/mol. The zero-order chi connectivity index (χ0) is 11.6. The van der Waals surface area contributed by atoms with Gasteiger partial charge in [0.1, 0.15) is 0 Å². The van der Waals surface area contributed by atoms with Crippen LogP contribution >= 0.6 is 11.8 Å². The van der Waals surface area contributed by atoms with Crippen molar-refractivity contribution in [2.75, 3.05) is 11.5 Å². The molecule has 2 atom stereocenters. The van der Waals surface area contributed by atoms with E-state index in [1.165, 1.54) is 0 Å². The van der Waals surface area contributed by atoms with Gasteiger partial charge in [0, 0.05) is 5.25 Å². The number of nitrogens with zero attached hydrogens (tertiary/aromatic N) is 2. The molecule has 4 rings (SSSR count). The number of benzene rings is 1. The van der Waals surface area contributed by atoms with E-state index >= 15 is 0 Å². The Kier molecular flexibility index (Phi) is 1.79. The molecule has 0 N–H and O–H groups in total. The lowest BCUT2D eigenvalue weighted by Gasteiger charge is -2.09. The van der Waals surface area contributed by atoms with E-state index in [0.717, 1.165) is 16.2 Å². The molecule has 1 fully saturated rings. The van der Waals surface area contributed by atoms with Crippen molar-refractivity contribution in [2.24, 2.45) is 0 Å². The Hall–Kier alpha value is -1.01. The number of sulfone groups is 1. The number of para-hydroxylation sites is 2. The van der Waals surface area contributed by atoms with Crippen LogP contribution in [0, 0.1) is 0 Å². The highest BCUT2D eigenvalue weighted by atomic mass is 32.2. The first kappa shape index (κ1) is 9.96. The molecule has 0 amide bonds. The maximum atomic E-state index is 11.7. The van der Waals surface area contributed by atoms with Gasteiger partial charge in [0.15, 0.2) is 15.0 Å². The smallest absolute Gasteiger partial charge is 0.169 e. The van der Waals surface area contributed by atoms with Crippen LogP contribution in [0.2, 0.25) is 0 Å². The highest BCUT2D eigenvalue weighted by Gasteiger charge is 2.45. The normalized spacial score (nSPS) is 29.4. The van der Waals surface area contributed by atoms with E-state index in [1.807, 2.05) is 24.3 Å². The lowest BCUT2D eigenvalue weighted by Crippen LogP contribution is -2.12. The molecule has 1 aromatic carbocycles. The van der Waals surface area contributed by atoms with Crippen LogP contribution in [0.3, 0.4) is 0 Å². The maximum absolute atomic E-state index is 11.7. The van der Waals surface area contributed by atoms with Gasteiger partial charge in [-0.3, -0.25) is 0 Å². The lowest BCUT2D eigenvalue weighted by atomic mass is 10.2. The molecule has 0 spiro atoms. The molecule has 88 valence electrons. The van der Waals surface area contributed by atoms with Crippen LogP contribution in [0.4, 0.5) is 0 Å². The van der Waals surface area contributed by atoms with E-state index < -0.39 is 9.84 Å². The third kappa shape index (κ3) is 1.31. The van der Waals surface area contributed by atoms with Crippen molar-refractivity contribution < 1.29 is 8.42 Å². The number of thioether (sulfide) groups is 1. The molecular formula is C11H10N2O2S2. The largest absolute Gasteiger partial charge is 0.314 e. The average Bonchev–Trinajstić information content (AvgIpc) is 2.83. The molecule has 6 heteroatoms. The standard InChI is InChI=1S/C11H10N2O2S2/c14-17(15)5-9-10(6-17)16-11-12-7-3-1-2-4-8(7)13(9)11/h1-4,9-10H,5-6H2/t9-,10-/m1/s1. The summed E-state index contributed by atoms with van der Waals surface area (Å²) in [4.78, 5) is 4.55. The van der Waals surface area contributed by atoms with Gasteiger partial charge in [0.2, 0.25) is 0 Å². The molecule has 4 nitrogen and oxygen atoms in total. The average molecular weight is 266 g/mol. The Morgan fingerprint density at radius 2 is 2.12 bits per heavy atom. The Balaban J connectivity index is 1.96. The van der Waals surface area contributed by atoms with Crippen LogP contribution in [0.1, 0.15) is 6.04 Å². The Labute approximate surface area is 103 Å². The van der Waals surface area contributed by atoms with E-state index in [9.17, 15) is 8.42 Å². The summed E-state index contributed by atoms with van der Waals surface area (Å²) in [6, 6.07) is 7.99. The van der Waals surface area contributed by atoms with Crippen LogP contribution in [0.5, 0.6) is 0 Å². The molecule has 0 saturated carbocycles. The quantitative estimate of drug-likeness (QED) is 0.725. The molecule has 1 saturated heterocycles. The first-order valence-corrected chi connectivity index (χ1v) is 8.18. The van der Waals surface area contributed by atoms with Crippen molar-refractivity contribution in [1.29, 1.82) is 0 Å². The Bertz CT molecular complexity index is 720. The number of hydrogen-bond acceptors (Lipinski definition) is 4. The number of rotatable bonds is 0. The van der Waals surface area contributed by atoms with Gasteiger partial charge in [0.05, 0.1) is 28.6 Å². The van der Waals surface area contributed by atoms with Gasteiger partial charge in [-0.2, -0.15) is 0 Å². The molecule has 0 bridgehead atoms. The van der Waals surface area contributed by atoms with E-state index in [-0.39, 0.29) is 17.0 Å². The fraction of sp³-hybridized carbons (Fsp3) is 0.364. The monoisotopic (exact) mass is 266 g/mol. The number of hydrogen-bond donors (Lipinski definition) is 0. The van der Waals surface area contributed by atoms with E-state index in [0.29, 0.717) is 5.75 Å². The second kappa shape index (κ2) is 3.05. The van der Waals surface area contributed by atoms with E-state index in [4.69, 9.17) is 0 Å². The van der Waals surface area contributed by atoms with E-state index in [2.05, 4.69) is 9.55 Å². The van der Waals surface area contributed by atoms with Crippen LogP contribution < -0.4 is 0 Å². The molecule has 2 aliphatic heterocycles. The topological polar surface area (TPSA) is 52.0 Å². The van der Waals surface area contributed by atoms with Gasteiger partial charge in [0.25, 0.3) is 0 Å². The number of imidazole rings is 1. The number of fused-ring (bicyclic) bond motifs is 5. The van der Waals surface area contributed by atoms with Crippen LogP contribution in [-0.4, -0.2) is 34.7 Å². The summed E-state index contributed by atoms with van der Waals surface area (Å²) in [5.41, 5.74) is 2.01. The summed E-state index contributed by atoms with van der Waals surface area (Å²) < 4.78 is 25.4. The SMILES string of the molecule is O=S1(=O)C[C@@H]2[C@@H](C1)Sc1nc3ccccc3n12. The van der Waals surface area contributed by atoms with Crippen molar-refractivity contribution >= 4 is 32.6 Å². The summed E-state index contributed by atoms with van der Waals surface area (Å²) in [6.45, 7) is 0. The third-order valence-corrected chi connectivity index (χ3v) is 6.63. The van der Waals surface area contributed by atoms with Crippen LogP contribution in [0.15, 0.2) is 29.4 Å². The minimum absolute atomic E-state index is 0.0763. The first-order chi connectivity index (χ1) is 8.14.